The minimum absolute atomic E-state index is 0.00237. The molecule has 50 heavy (non-hydrogen) atoms. The molecular formula is C39H41ClN6O3S. The summed E-state index contributed by atoms with van der Waals surface area (Å²) in [7, 11) is 0. The average Bonchev–Trinajstić information content (AvgIpc) is 3.65. The van der Waals surface area contributed by atoms with Gasteiger partial charge in [-0.05, 0) is 91.6 Å². The van der Waals surface area contributed by atoms with Crippen LogP contribution in [-0.2, 0) is 16.9 Å². The Morgan fingerprint density at radius 2 is 1.62 bits per heavy atom. The van der Waals surface area contributed by atoms with Gasteiger partial charge in [0.05, 0.1) is 29.8 Å². The van der Waals surface area contributed by atoms with Crippen molar-refractivity contribution in [3.05, 3.63) is 136 Å². The van der Waals surface area contributed by atoms with Crippen LogP contribution >= 0.6 is 23.4 Å². The smallest absolute Gasteiger partial charge is 0.244 e. The predicted molar refractivity (Wildman–Crippen MR) is 196 cm³/mol. The number of rotatable bonds is 12. The number of halogens is 1. The molecule has 1 N–H and O–H groups in total. The molecule has 3 atom stereocenters. The Labute approximate surface area is 302 Å². The van der Waals surface area contributed by atoms with Gasteiger partial charge in [0, 0.05) is 4.75 Å². The highest BCUT2D eigenvalue weighted by Crippen LogP contribution is 2.58. The van der Waals surface area contributed by atoms with Crippen molar-refractivity contribution in [2.45, 2.75) is 75.0 Å². The highest BCUT2D eigenvalue weighted by atomic mass is 35.5. The molecule has 0 bridgehead atoms. The zero-order valence-electron chi connectivity index (χ0n) is 28.8. The summed E-state index contributed by atoms with van der Waals surface area (Å²) in [5.41, 5.74) is 3.10. The van der Waals surface area contributed by atoms with Crippen LogP contribution in [0.1, 0.15) is 68.7 Å². The summed E-state index contributed by atoms with van der Waals surface area (Å²) in [5.74, 6) is 2.05. The molecule has 0 saturated carbocycles. The first-order chi connectivity index (χ1) is 24.1. The zero-order chi connectivity index (χ0) is 35.0. The second-order valence-corrected chi connectivity index (χ2v) is 15.6. The van der Waals surface area contributed by atoms with Gasteiger partial charge in [-0.2, -0.15) is 0 Å². The maximum Gasteiger partial charge on any atom is 0.244 e. The van der Waals surface area contributed by atoms with Gasteiger partial charge >= 0.3 is 0 Å². The van der Waals surface area contributed by atoms with Crippen LogP contribution in [0.3, 0.4) is 0 Å². The summed E-state index contributed by atoms with van der Waals surface area (Å²) in [6.07, 6.45) is 0.0137. The highest BCUT2D eigenvalue weighted by Gasteiger charge is 2.64. The maximum atomic E-state index is 14.6. The van der Waals surface area contributed by atoms with Crippen molar-refractivity contribution in [2.24, 2.45) is 0 Å². The highest BCUT2D eigenvalue weighted by molar-refractivity contribution is 8.01. The lowest BCUT2D eigenvalue weighted by molar-refractivity contribution is -0.150. The molecule has 2 aliphatic heterocycles. The minimum Gasteiger partial charge on any atom is -0.492 e. The van der Waals surface area contributed by atoms with Crippen LogP contribution in [0.15, 0.2) is 103 Å². The summed E-state index contributed by atoms with van der Waals surface area (Å²) in [4.78, 5) is 16.5. The fourth-order valence-electron chi connectivity index (χ4n) is 7.21. The van der Waals surface area contributed by atoms with Crippen molar-refractivity contribution in [3.8, 4) is 11.5 Å². The largest absolute Gasteiger partial charge is 0.492 e. The van der Waals surface area contributed by atoms with Crippen LogP contribution < -0.4 is 14.8 Å². The van der Waals surface area contributed by atoms with Crippen LogP contribution in [0.2, 0.25) is 5.02 Å². The summed E-state index contributed by atoms with van der Waals surface area (Å²) in [6, 6.07) is 33.7. The van der Waals surface area contributed by atoms with Crippen molar-refractivity contribution >= 4 is 29.3 Å². The first-order valence-corrected chi connectivity index (χ1v) is 18.2. The molecule has 3 heterocycles. The number of amides is 1. The number of carbonyl (C=O) groups excluding carboxylic acids is 1. The van der Waals surface area contributed by atoms with Crippen LogP contribution in [0, 0.1) is 0 Å². The number of carbonyl (C=O) groups is 1. The van der Waals surface area contributed by atoms with Gasteiger partial charge in [0.25, 0.3) is 0 Å². The van der Waals surface area contributed by atoms with Gasteiger partial charge < -0.3 is 14.4 Å². The number of aromatic nitrogens is 4. The quantitative estimate of drug-likeness (QED) is 0.107. The summed E-state index contributed by atoms with van der Waals surface area (Å²) in [5, 5.41) is 17.2. The topological polar surface area (TPSA) is 94.4 Å². The molecule has 3 unspecified atom stereocenters. The zero-order valence-corrected chi connectivity index (χ0v) is 30.4. The SMILES string of the molecule is CCOc1ccc(Cn2nnnc2C2N3C(=O)C(NC(c4ccccc4)(c4ccccc4)c4cccc(OC(C)C)c4)C3SC2(C)C)cc1Cl. The van der Waals surface area contributed by atoms with Crippen molar-refractivity contribution in [1.29, 1.82) is 0 Å². The number of hydrogen-bond donors (Lipinski definition) is 1. The normalized spacial score (nSPS) is 19.7. The number of β-lactam (4-membered cyclic amide) rings is 1. The first-order valence-electron chi connectivity index (χ1n) is 17.0. The van der Waals surface area contributed by atoms with Crippen molar-refractivity contribution in [2.75, 3.05) is 6.61 Å². The van der Waals surface area contributed by atoms with E-state index in [0.717, 1.165) is 28.0 Å². The summed E-state index contributed by atoms with van der Waals surface area (Å²) >= 11 is 8.28. The predicted octanol–water partition coefficient (Wildman–Crippen LogP) is 7.25. The van der Waals surface area contributed by atoms with E-state index < -0.39 is 11.6 Å². The van der Waals surface area contributed by atoms with Crippen LogP contribution in [0.25, 0.3) is 0 Å². The lowest BCUT2D eigenvalue weighted by atomic mass is 9.75. The molecule has 0 radical (unpaired) electrons. The maximum absolute atomic E-state index is 14.6. The lowest BCUT2D eigenvalue weighted by Crippen LogP contribution is -2.70. The van der Waals surface area contributed by atoms with Gasteiger partial charge in [-0.1, -0.05) is 90.5 Å². The van der Waals surface area contributed by atoms with E-state index in [9.17, 15) is 4.79 Å². The van der Waals surface area contributed by atoms with Crippen LogP contribution in [-0.4, -0.2) is 59.9 Å². The lowest BCUT2D eigenvalue weighted by Gasteiger charge is -2.49. The Balaban J connectivity index is 1.25. The molecule has 9 nitrogen and oxygen atoms in total. The molecule has 5 aromatic rings. The number of nitrogens with one attached hydrogen (secondary N) is 1. The second kappa shape index (κ2) is 13.7. The molecule has 258 valence electrons. The van der Waals surface area contributed by atoms with Crippen molar-refractivity contribution in [1.82, 2.24) is 30.4 Å². The number of nitrogens with zero attached hydrogens (tertiary/aromatic N) is 5. The van der Waals surface area contributed by atoms with E-state index in [1.54, 1.807) is 16.4 Å². The summed E-state index contributed by atoms with van der Waals surface area (Å²) < 4.78 is 13.2. The third-order valence-electron chi connectivity index (χ3n) is 9.30. The monoisotopic (exact) mass is 708 g/mol. The van der Waals surface area contributed by atoms with Gasteiger partial charge in [0.2, 0.25) is 5.91 Å². The van der Waals surface area contributed by atoms with Crippen LogP contribution in [0.4, 0.5) is 0 Å². The molecule has 4 aromatic carbocycles. The standard InChI is InChI=1S/C39H41ClN6O3S/c1-6-48-32-21-20-26(22-31(32)40)24-45-35(42-43-44-45)34-38(4,5)50-37-33(36(47)46(34)37)41-39(27-14-9-7-10-15-27,28-16-11-8-12-17-28)29-18-13-19-30(23-29)49-25(2)3/h7-23,25,33-34,37,41H,6,24H2,1-5H3. The van der Waals surface area contributed by atoms with E-state index in [1.165, 1.54) is 0 Å². The third-order valence-corrected chi connectivity index (χ3v) is 11.2. The Bertz CT molecular complexity index is 1930. The van der Waals surface area contributed by atoms with E-state index in [4.69, 9.17) is 21.1 Å². The van der Waals surface area contributed by atoms with Gasteiger partial charge in [-0.25, -0.2) is 4.68 Å². The number of thioether (sulfide) groups is 1. The number of hydrogen-bond acceptors (Lipinski definition) is 8. The Hall–Kier alpha value is -4.38. The third kappa shape index (κ3) is 6.14. The van der Waals surface area contributed by atoms with Crippen molar-refractivity contribution in [3.63, 3.8) is 0 Å². The summed E-state index contributed by atoms with van der Waals surface area (Å²) in [6.45, 7) is 11.2. The molecule has 7 rings (SSSR count). The Morgan fingerprint density at radius 1 is 0.940 bits per heavy atom. The number of tetrazole rings is 1. The number of fused-ring (bicyclic) bond motifs is 1. The molecule has 2 saturated heterocycles. The van der Waals surface area contributed by atoms with E-state index in [-0.39, 0.29) is 28.2 Å². The Kier molecular flexibility index (Phi) is 9.36. The minimum atomic E-state index is -0.859. The molecule has 2 fully saturated rings. The Morgan fingerprint density at radius 3 is 2.26 bits per heavy atom. The van der Waals surface area contributed by atoms with Crippen molar-refractivity contribution < 1.29 is 14.3 Å². The van der Waals surface area contributed by atoms with Gasteiger partial charge in [-0.3, -0.25) is 10.1 Å². The van der Waals surface area contributed by atoms with Crippen LogP contribution in [0.5, 0.6) is 11.5 Å². The molecule has 11 heteroatoms. The van der Waals surface area contributed by atoms with Gasteiger partial charge in [0.15, 0.2) is 5.82 Å². The van der Waals surface area contributed by atoms with E-state index in [1.807, 2.05) is 92.4 Å². The average molecular weight is 709 g/mol. The van der Waals surface area contributed by atoms with Gasteiger partial charge in [-0.15, -0.1) is 16.9 Å². The number of ether oxygens (including phenoxy) is 2. The molecule has 0 aliphatic carbocycles. The van der Waals surface area contributed by atoms with E-state index in [0.29, 0.717) is 29.7 Å². The molecular weight excluding hydrogens is 668 g/mol. The molecule has 2 aliphatic rings. The first kappa shape index (κ1) is 34.1. The fraction of sp³-hybridized carbons (Fsp3) is 0.333. The van der Waals surface area contributed by atoms with E-state index >= 15 is 0 Å². The van der Waals surface area contributed by atoms with E-state index in [2.05, 4.69) is 71.1 Å². The fourth-order valence-corrected chi connectivity index (χ4v) is 9.09. The molecule has 1 aromatic heterocycles. The van der Waals surface area contributed by atoms with Gasteiger partial charge in [0.1, 0.15) is 29.0 Å². The molecule has 0 spiro atoms. The number of benzene rings is 4. The molecule has 1 amide bonds. The second-order valence-electron chi connectivity index (χ2n) is 13.5.